The topological polar surface area (TPSA) is 98.7 Å². The molecule has 0 bridgehead atoms. The summed E-state index contributed by atoms with van der Waals surface area (Å²) in [7, 11) is -4.10. The molecule has 0 amide bonds. The second-order valence-corrected chi connectivity index (χ2v) is 11.0. The first-order valence-electron chi connectivity index (χ1n) is 10.3. The zero-order chi connectivity index (χ0) is 24.4. The maximum absolute atomic E-state index is 13.7. The van der Waals surface area contributed by atoms with Crippen molar-refractivity contribution < 1.29 is 27.2 Å². The van der Waals surface area contributed by atoms with Gasteiger partial charge in [-0.15, -0.1) is 0 Å². The van der Waals surface area contributed by atoms with Crippen LogP contribution in [0.3, 0.4) is 0 Å². The number of halogens is 2. The summed E-state index contributed by atoms with van der Waals surface area (Å²) in [6.45, 7) is 3.30. The normalized spacial score (nSPS) is 19.6. The molecule has 3 aromatic carbocycles. The fourth-order valence-electron chi connectivity index (χ4n) is 4.13. The Morgan fingerprint density at radius 2 is 1.79 bits per heavy atom. The number of sulfone groups is 1. The van der Waals surface area contributed by atoms with Crippen LogP contribution in [0.1, 0.15) is 25.5 Å². The molecular formula is C24H19ClFNO6S. The van der Waals surface area contributed by atoms with E-state index in [0.29, 0.717) is 5.02 Å². The van der Waals surface area contributed by atoms with Crippen molar-refractivity contribution in [1.29, 1.82) is 0 Å². The first-order valence-corrected chi connectivity index (χ1v) is 12.2. The van der Waals surface area contributed by atoms with Crippen molar-refractivity contribution >= 4 is 32.4 Å². The van der Waals surface area contributed by atoms with Crippen molar-refractivity contribution in [2.24, 2.45) is 0 Å². The average Bonchev–Trinajstić information content (AvgIpc) is 3.09. The first-order chi connectivity index (χ1) is 16.0. The number of ether oxygens (including phenoxy) is 1. The van der Waals surface area contributed by atoms with E-state index in [1.165, 1.54) is 42.5 Å². The Hall–Kier alpha value is -3.14. The van der Waals surface area contributed by atoms with Gasteiger partial charge in [0.15, 0.2) is 5.58 Å². The summed E-state index contributed by atoms with van der Waals surface area (Å²) in [5, 5.41) is 11.8. The van der Waals surface area contributed by atoms with Gasteiger partial charge in [0, 0.05) is 16.7 Å². The molecular weight excluding hydrogens is 485 g/mol. The van der Waals surface area contributed by atoms with Crippen LogP contribution in [0.5, 0.6) is 5.75 Å². The molecule has 0 radical (unpaired) electrons. The van der Waals surface area contributed by atoms with Crippen LogP contribution in [0.4, 0.5) is 4.39 Å². The quantitative estimate of drug-likeness (QED) is 0.446. The Kier molecular flexibility index (Phi) is 5.12. The van der Waals surface area contributed by atoms with Crippen LogP contribution in [0.25, 0.3) is 11.0 Å². The van der Waals surface area contributed by atoms with Crippen LogP contribution < -0.4 is 10.3 Å². The molecule has 4 aromatic rings. The van der Waals surface area contributed by atoms with Gasteiger partial charge in [-0.1, -0.05) is 17.7 Å². The Morgan fingerprint density at radius 3 is 2.53 bits per heavy atom. The molecule has 0 unspecified atom stereocenters. The molecule has 0 saturated heterocycles. The monoisotopic (exact) mass is 503 g/mol. The highest BCUT2D eigenvalue weighted by atomic mass is 35.5. The molecule has 1 aliphatic rings. The van der Waals surface area contributed by atoms with Crippen molar-refractivity contribution in [3.8, 4) is 5.75 Å². The van der Waals surface area contributed by atoms with Gasteiger partial charge in [-0.2, -0.15) is 4.74 Å². The third-order valence-corrected chi connectivity index (χ3v) is 7.91. The molecule has 5 rings (SSSR count). The zero-order valence-electron chi connectivity index (χ0n) is 18.0. The summed E-state index contributed by atoms with van der Waals surface area (Å²) >= 11 is 6.03. The van der Waals surface area contributed by atoms with Gasteiger partial charge in [0.25, 0.3) is 5.56 Å². The van der Waals surface area contributed by atoms with Crippen molar-refractivity contribution in [3.63, 3.8) is 0 Å². The van der Waals surface area contributed by atoms with Crippen molar-refractivity contribution in [2.75, 3.05) is 0 Å². The van der Waals surface area contributed by atoms with Gasteiger partial charge < -0.3 is 14.4 Å². The highest BCUT2D eigenvalue weighted by molar-refractivity contribution is 7.91. The first kappa shape index (κ1) is 22.6. The molecule has 1 N–H and O–H groups in total. The lowest BCUT2D eigenvalue weighted by Crippen LogP contribution is -2.51. The van der Waals surface area contributed by atoms with Gasteiger partial charge in [0.1, 0.15) is 29.3 Å². The second-order valence-electron chi connectivity index (χ2n) is 8.62. The molecule has 7 nitrogen and oxygen atoms in total. The van der Waals surface area contributed by atoms with E-state index in [4.69, 9.17) is 20.9 Å². The van der Waals surface area contributed by atoms with Crippen LogP contribution in [-0.2, 0) is 9.84 Å². The van der Waals surface area contributed by atoms with Crippen LogP contribution in [-0.4, -0.2) is 30.0 Å². The third-order valence-electron chi connectivity index (χ3n) is 5.92. The average molecular weight is 504 g/mol. The molecule has 1 aliphatic heterocycles. The summed E-state index contributed by atoms with van der Waals surface area (Å²) in [6, 6.07) is 12.2. The molecule has 0 saturated carbocycles. The summed E-state index contributed by atoms with van der Waals surface area (Å²) in [5.41, 5.74) is -1.19. The van der Waals surface area contributed by atoms with Crippen LogP contribution in [0.15, 0.2) is 79.8 Å². The van der Waals surface area contributed by atoms with Gasteiger partial charge in [-0.3, -0.25) is 4.79 Å². The lowest BCUT2D eigenvalue weighted by Gasteiger charge is -2.41. The largest absolute Gasteiger partial charge is 0.485 e. The van der Waals surface area contributed by atoms with Gasteiger partial charge >= 0.3 is 0 Å². The van der Waals surface area contributed by atoms with E-state index in [1.807, 2.05) is 0 Å². The summed E-state index contributed by atoms with van der Waals surface area (Å²) in [6.07, 6.45) is -1.28. The number of fused-ring (bicyclic) bond motifs is 2. The standard InChI is InChI=1S/C24H19ClFNO6S/c1-24(2)22(28)21(27-23(29)17-8-6-13(25)10-20(17)33-27)18-12-16(7-9-19(18)32-24)34(30,31)15-5-3-4-14(26)11-15/h3-12,21-22,28H,1-2H3/t21-,22+/m1/s1. The number of hydrogen-bond acceptors (Lipinski definition) is 6. The Balaban J connectivity index is 1.73. The van der Waals surface area contributed by atoms with E-state index in [-0.39, 0.29) is 32.1 Å². The number of benzene rings is 3. The van der Waals surface area contributed by atoms with Gasteiger partial charge in [0.2, 0.25) is 9.84 Å². The predicted octanol–water partition coefficient (Wildman–Crippen LogP) is 4.34. The summed E-state index contributed by atoms with van der Waals surface area (Å²) < 4.78 is 52.8. The minimum atomic E-state index is -4.10. The summed E-state index contributed by atoms with van der Waals surface area (Å²) in [4.78, 5) is 12.8. The van der Waals surface area contributed by atoms with Gasteiger partial charge in [-0.05, 0) is 62.4 Å². The molecule has 1 aromatic heterocycles. The Labute approximate surface area is 198 Å². The number of aromatic nitrogens is 1. The van der Waals surface area contributed by atoms with E-state index in [9.17, 15) is 22.7 Å². The molecule has 34 heavy (non-hydrogen) atoms. The van der Waals surface area contributed by atoms with Crippen LogP contribution >= 0.6 is 11.6 Å². The smallest absolute Gasteiger partial charge is 0.291 e. The van der Waals surface area contributed by atoms with Gasteiger partial charge in [-0.25, -0.2) is 12.8 Å². The number of hydrogen-bond donors (Lipinski definition) is 1. The fourth-order valence-corrected chi connectivity index (χ4v) is 5.62. The van der Waals surface area contributed by atoms with Crippen molar-refractivity contribution in [2.45, 2.75) is 41.4 Å². The summed E-state index contributed by atoms with van der Waals surface area (Å²) in [5.74, 6) is -0.409. The number of aliphatic hydroxyl groups is 1. The maximum Gasteiger partial charge on any atom is 0.291 e. The highest BCUT2D eigenvalue weighted by Gasteiger charge is 2.46. The van der Waals surface area contributed by atoms with E-state index < -0.39 is 39.0 Å². The lowest BCUT2D eigenvalue weighted by molar-refractivity contribution is -0.0765. The number of rotatable bonds is 3. The molecule has 0 fully saturated rings. The number of nitrogens with zero attached hydrogens (tertiary/aromatic N) is 1. The highest BCUT2D eigenvalue weighted by Crippen LogP contribution is 2.43. The molecule has 2 heterocycles. The molecule has 0 spiro atoms. The zero-order valence-corrected chi connectivity index (χ0v) is 19.6. The molecule has 10 heteroatoms. The lowest BCUT2D eigenvalue weighted by atomic mass is 9.86. The molecule has 176 valence electrons. The number of aliphatic hydroxyl groups excluding tert-OH is 1. The van der Waals surface area contributed by atoms with Crippen molar-refractivity contribution in [1.82, 2.24) is 4.74 Å². The Morgan fingerprint density at radius 1 is 1.06 bits per heavy atom. The SMILES string of the molecule is CC1(C)Oc2ccc(S(=O)(=O)c3cccc(F)c3)cc2[C@@H](n2oc3cc(Cl)ccc3c2=O)[C@@H]1O. The fraction of sp³-hybridized carbons (Fsp3) is 0.208. The Bertz CT molecular complexity index is 1610. The van der Waals surface area contributed by atoms with E-state index in [0.717, 1.165) is 16.9 Å². The minimum Gasteiger partial charge on any atom is -0.485 e. The second kappa shape index (κ2) is 7.69. The minimum absolute atomic E-state index is 0.149. The molecule has 0 aliphatic carbocycles. The van der Waals surface area contributed by atoms with E-state index in [2.05, 4.69) is 0 Å². The van der Waals surface area contributed by atoms with E-state index in [1.54, 1.807) is 19.9 Å². The van der Waals surface area contributed by atoms with Crippen molar-refractivity contribution in [3.05, 3.63) is 87.4 Å². The van der Waals surface area contributed by atoms with Gasteiger partial charge in [0.05, 0.1) is 15.2 Å². The van der Waals surface area contributed by atoms with E-state index >= 15 is 0 Å². The maximum atomic E-state index is 13.7. The third kappa shape index (κ3) is 3.51. The van der Waals surface area contributed by atoms with Crippen LogP contribution in [0.2, 0.25) is 5.02 Å². The predicted molar refractivity (Wildman–Crippen MR) is 123 cm³/mol. The molecule has 2 atom stereocenters. The van der Waals surface area contributed by atoms with Crippen LogP contribution in [0, 0.1) is 5.82 Å².